The summed E-state index contributed by atoms with van der Waals surface area (Å²) in [5.74, 6) is 0.509. The summed E-state index contributed by atoms with van der Waals surface area (Å²) in [5, 5.41) is 7.59. The summed E-state index contributed by atoms with van der Waals surface area (Å²) < 4.78 is 37.7. The molecule has 0 amide bonds. The monoisotopic (exact) mass is 484 g/mol. The molecule has 0 aliphatic rings. The van der Waals surface area contributed by atoms with Crippen LogP contribution in [0, 0.1) is 6.92 Å². The van der Waals surface area contributed by atoms with Crippen molar-refractivity contribution in [3.63, 3.8) is 0 Å². The van der Waals surface area contributed by atoms with Crippen LogP contribution in [0.1, 0.15) is 34.8 Å². The number of aryl methyl sites for hydroxylation is 1. The molecule has 2 rings (SSSR count). The number of alkyl halides is 3. The van der Waals surface area contributed by atoms with E-state index in [0.29, 0.717) is 11.0 Å². The van der Waals surface area contributed by atoms with Crippen molar-refractivity contribution in [2.24, 2.45) is 4.99 Å². The molecule has 2 aromatic rings. The Hall–Kier alpha value is -1.36. The van der Waals surface area contributed by atoms with Gasteiger partial charge in [-0.1, -0.05) is 24.3 Å². The van der Waals surface area contributed by atoms with Crippen molar-refractivity contribution in [1.82, 2.24) is 15.6 Å². The van der Waals surface area contributed by atoms with E-state index in [1.54, 1.807) is 7.05 Å². The van der Waals surface area contributed by atoms with Crippen molar-refractivity contribution in [2.45, 2.75) is 32.6 Å². The largest absolute Gasteiger partial charge is 0.434 e. The van der Waals surface area contributed by atoms with Crippen molar-refractivity contribution in [1.29, 1.82) is 0 Å². The van der Waals surface area contributed by atoms with Gasteiger partial charge in [0.25, 0.3) is 0 Å². The lowest BCUT2D eigenvalue weighted by molar-refractivity contribution is -0.140. The first-order chi connectivity index (χ1) is 11.3. The minimum absolute atomic E-state index is 0. The maximum Gasteiger partial charge on any atom is 0.434 e. The molecule has 0 saturated carbocycles. The van der Waals surface area contributed by atoms with Gasteiger partial charge in [-0.25, -0.2) is 4.98 Å². The third-order valence-corrected chi connectivity index (χ3v) is 4.33. The number of aromatic nitrogens is 1. The van der Waals surface area contributed by atoms with E-state index >= 15 is 0 Å². The number of guanidine groups is 1. The maximum absolute atomic E-state index is 12.6. The molecular weight excluding hydrogens is 464 g/mol. The van der Waals surface area contributed by atoms with Crippen molar-refractivity contribution < 1.29 is 13.2 Å². The Balaban J connectivity index is 0.00000312. The van der Waals surface area contributed by atoms with E-state index in [9.17, 15) is 13.2 Å². The number of aliphatic imine (C=N–C) groups is 1. The van der Waals surface area contributed by atoms with Crippen molar-refractivity contribution in [2.75, 3.05) is 7.05 Å². The molecule has 1 atom stereocenters. The first-order valence-corrected chi connectivity index (χ1v) is 8.23. The van der Waals surface area contributed by atoms with E-state index in [4.69, 9.17) is 0 Å². The van der Waals surface area contributed by atoms with Gasteiger partial charge in [0, 0.05) is 12.4 Å². The van der Waals surface area contributed by atoms with Crippen molar-refractivity contribution >= 4 is 41.3 Å². The SMILES string of the molecule is CN=C(NCc1nc(C(F)(F)F)cs1)NC(C)c1ccccc1C.I. The van der Waals surface area contributed by atoms with E-state index in [1.165, 1.54) is 0 Å². The molecule has 0 fully saturated rings. The quantitative estimate of drug-likeness (QED) is 0.382. The van der Waals surface area contributed by atoms with E-state index in [2.05, 4.69) is 20.6 Å². The Bertz CT molecular complexity index is 715. The molecule has 1 aromatic carbocycles. The third kappa shape index (κ3) is 6.14. The highest BCUT2D eigenvalue weighted by Gasteiger charge is 2.33. The summed E-state index contributed by atoms with van der Waals surface area (Å²) >= 11 is 0.970. The Morgan fingerprint density at radius 2 is 2.00 bits per heavy atom. The predicted octanol–water partition coefficient (Wildman–Crippen LogP) is 4.51. The number of halogens is 4. The van der Waals surface area contributed by atoms with Crippen LogP contribution >= 0.6 is 35.3 Å². The number of rotatable bonds is 4. The number of thiazole rings is 1. The van der Waals surface area contributed by atoms with Crippen molar-refractivity contribution in [3.05, 3.63) is 51.5 Å². The van der Waals surface area contributed by atoms with Gasteiger partial charge >= 0.3 is 6.18 Å². The van der Waals surface area contributed by atoms with Gasteiger partial charge < -0.3 is 10.6 Å². The molecule has 0 radical (unpaired) electrons. The van der Waals surface area contributed by atoms with Crippen LogP contribution in [-0.4, -0.2) is 18.0 Å². The van der Waals surface area contributed by atoms with Gasteiger partial charge in [-0.15, -0.1) is 35.3 Å². The van der Waals surface area contributed by atoms with E-state index < -0.39 is 11.9 Å². The standard InChI is InChI=1S/C16H19F3N4S.HI/c1-10-6-4-5-7-12(10)11(2)22-15(20-3)21-8-14-23-13(9-24-14)16(17,18)19;/h4-7,9,11H,8H2,1-3H3,(H2,20,21,22);1H. The predicted molar refractivity (Wildman–Crippen MR) is 105 cm³/mol. The highest BCUT2D eigenvalue weighted by atomic mass is 127. The third-order valence-electron chi connectivity index (χ3n) is 3.48. The van der Waals surface area contributed by atoms with Gasteiger partial charge in [-0.2, -0.15) is 13.2 Å². The van der Waals surface area contributed by atoms with Gasteiger partial charge in [-0.05, 0) is 25.0 Å². The van der Waals surface area contributed by atoms with Gasteiger partial charge in [0.05, 0.1) is 12.6 Å². The number of benzene rings is 1. The van der Waals surface area contributed by atoms with Crippen LogP contribution in [0.5, 0.6) is 0 Å². The average Bonchev–Trinajstić information content (AvgIpc) is 3.00. The molecule has 9 heteroatoms. The van der Waals surface area contributed by atoms with Crippen LogP contribution in [0.2, 0.25) is 0 Å². The molecule has 0 saturated heterocycles. The fourth-order valence-electron chi connectivity index (χ4n) is 2.23. The number of nitrogens with zero attached hydrogens (tertiary/aromatic N) is 2. The van der Waals surface area contributed by atoms with Gasteiger partial charge in [0.1, 0.15) is 5.01 Å². The second-order valence-corrected chi connectivity index (χ2v) is 6.22. The van der Waals surface area contributed by atoms with Crippen LogP contribution in [0.4, 0.5) is 13.2 Å². The summed E-state index contributed by atoms with van der Waals surface area (Å²) in [4.78, 5) is 7.69. The zero-order chi connectivity index (χ0) is 17.7. The fourth-order valence-corrected chi connectivity index (χ4v) is 2.97. The lowest BCUT2D eigenvalue weighted by atomic mass is 10.0. The summed E-state index contributed by atoms with van der Waals surface area (Å²) in [5.41, 5.74) is 1.43. The molecule has 2 N–H and O–H groups in total. The molecule has 1 aromatic heterocycles. The molecule has 4 nitrogen and oxygen atoms in total. The lowest BCUT2D eigenvalue weighted by Gasteiger charge is -2.19. The summed E-state index contributed by atoms with van der Waals surface area (Å²) in [6, 6.07) is 8.00. The topological polar surface area (TPSA) is 49.3 Å². The number of hydrogen-bond donors (Lipinski definition) is 2. The van der Waals surface area contributed by atoms with E-state index in [-0.39, 0.29) is 36.6 Å². The Kier molecular flexibility index (Phi) is 8.13. The first kappa shape index (κ1) is 21.7. The second kappa shape index (κ2) is 9.37. The Labute approximate surface area is 166 Å². The van der Waals surface area contributed by atoms with E-state index in [1.807, 2.05) is 38.1 Å². The zero-order valence-corrected chi connectivity index (χ0v) is 17.2. The van der Waals surface area contributed by atoms with Crippen LogP contribution in [0.25, 0.3) is 0 Å². The molecule has 0 bridgehead atoms. The van der Waals surface area contributed by atoms with Crippen LogP contribution in [0.15, 0.2) is 34.6 Å². The molecule has 1 heterocycles. The Morgan fingerprint density at radius 1 is 1.32 bits per heavy atom. The normalized spacial score (nSPS) is 13.1. The summed E-state index contributed by atoms with van der Waals surface area (Å²) in [7, 11) is 1.61. The lowest BCUT2D eigenvalue weighted by Crippen LogP contribution is -2.38. The molecule has 138 valence electrons. The van der Waals surface area contributed by atoms with Crippen LogP contribution < -0.4 is 10.6 Å². The summed E-state index contributed by atoms with van der Waals surface area (Å²) in [6.07, 6.45) is -4.41. The van der Waals surface area contributed by atoms with Crippen LogP contribution in [0.3, 0.4) is 0 Å². The van der Waals surface area contributed by atoms with Crippen molar-refractivity contribution in [3.8, 4) is 0 Å². The second-order valence-electron chi connectivity index (χ2n) is 5.27. The highest BCUT2D eigenvalue weighted by Crippen LogP contribution is 2.29. The molecule has 25 heavy (non-hydrogen) atoms. The highest BCUT2D eigenvalue weighted by molar-refractivity contribution is 14.0. The molecule has 1 unspecified atom stereocenters. The smallest absolute Gasteiger partial charge is 0.350 e. The molecule has 0 spiro atoms. The van der Waals surface area contributed by atoms with E-state index in [0.717, 1.165) is 27.8 Å². The Morgan fingerprint density at radius 3 is 2.56 bits per heavy atom. The van der Waals surface area contributed by atoms with Gasteiger partial charge in [-0.3, -0.25) is 4.99 Å². The minimum atomic E-state index is -4.41. The fraction of sp³-hybridized carbons (Fsp3) is 0.375. The first-order valence-electron chi connectivity index (χ1n) is 7.35. The summed E-state index contributed by atoms with van der Waals surface area (Å²) in [6.45, 7) is 4.21. The van der Waals surface area contributed by atoms with Gasteiger partial charge in [0.15, 0.2) is 11.7 Å². The van der Waals surface area contributed by atoms with Gasteiger partial charge in [0.2, 0.25) is 0 Å². The molecule has 0 aliphatic heterocycles. The van der Waals surface area contributed by atoms with Crippen LogP contribution in [-0.2, 0) is 12.7 Å². The minimum Gasteiger partial charge on any atom is -0.350 e. The average molecular weight is 484 g/mol. The maximum atomic E-state index is 12.6. The number of hydrogen-bond acceptors (Lipinski definition) is 3. The molecule has 0 aliphatic carbocycles. The number of nitrogens with one attached hydrogen (secondary N) is 2. The molecular formula is C16H20F3IN4S. The zero-order valence-electron chi connectivity index (χ0n) is 14.0.